The smallest absolute Gasteiger partial charge is 0.264 e. The topological polar surface area (TPSA) is 131 Å². The maximum atomic E-state index is 14.6. The van der Waals surface area contributed by atoms with E-state index in [2.05, 4.69) is 76.1 Å². The molecule has 2 aromatic carbocycles. The van der Waals surface area contributed by atoms with Gasteiger partial charge in [0.15, 0.2) is 0 Å². The van der Waals surface area contributed by atoms with Gasteiger partial charge in [-0.2, -0.15) is 4.98 Å². The Balaban J connectivity index is 1.46. The quantitative estimate of drug-likeness (QED) is 0.208. The Bertz CT molecular complexity index is 2140. The number of nitrogens with one attached hydrogen (secondary N) is 1. The van der Waals surface area contributed by atoms with Crippen molar-refractivity contribution >= 4 is 27.6 Å². The molecule has 0 radical (unpaired) electrons. The number of hydrogen-bond donors (Lipinski definition) is 1. The number of nitrogens with zero attached hydrogens (tertiary/aromatic N) is 6. The van der Waals surface area contributed by atoms with Crippen LogP contribution in [-0.2, 0) is 23.0 Å². The highest BCUT2D eigenvalue weighted by Gasteiger charge is 2.34. The van der Waals surface area contributed by atoms with E-state index in [-0.39, 0.29) is 57.6 Å². The molecule has 4 bridgehead atoms. The summed E-state index contributed by atoms with van der Waals surface area (Å²) < 4.78 is 37.1. The Morgan fingerprint density at radius 3 is 2.31 bits per heavy atom. The van der Waals surface area contributed by atoms with Gasteiger partial charge in [0.05, 0.1) is 41.3 Å². The lowest BCUT2D eigenvalue weighted by molar-refractivity contribution is 0.0504. The van der Waals surface area contributed by atoms with E-state index in [1.807, 2.05) is 38.4 Å². The van der Waals surface area contributed by atoms with Crippen LogP contribution in [0.25, 0.3) is 11.3 Å². The Morgan fingerprint density at radius 1 is 0.963 bits per heavy atom. The molecular weight excluding hydrogens is 699 g/mol. The Morgan fingerprint density at radius 2 is 1.67 bits per heavy atom. The number of fused-ring (bicyclic) bond motifs is 4. The minimum Gasteiger partial charge on any atom is -0.475 e. The second-order valence-corrected chi connectivity index (χ2v) is 19.8. The molecule has 1 fully saturated rings. The summed E-state index contributed by atoms with van der Waals surface area (Å²) in [6.07, 6.45) is 6.11. The SMILES string of the molecule is Cc1cccc(CC(C)(C)C)c1-c1nc2nc(c1C)OCC(CC(C)(C)C)N(Cc1ncc(N3CCC(C)(C)C3)cn1)C(=O)c1cccc(c1)S(=O)(=O)N2. The van der Waals surface area contributed by atoms with E-state index in [4.69, 9.17) is 19.7 Å². The first-order valence-corrected chi connectivity index (χ1v) is 20.3. The molecule has 0 aliphatic carbocycles. The summed E-state index contributed by atoms with van der Waals surface area (Å²) in [5.41, 5.74) is 5.46. The highest BCUT2D eigenvalue weighted by molar-refractivity contribution is 7.92. The molecule has 4 heterocycles. The van der Waals surface area contributed by atoms with Gasteiger partial charge in [0.1, 0.15) is 12.4 Å². The summed E-state index contributed by atoms with van der Waals surface area (Å²) in [4.78, 5) is 37.5. The second-order valence-electron chi connectivity index (χ2n) is 18.2. The lowest BCUT2D eigenvalue weighted by Crippen LogP contribution is -2.45. The second kappa shape index (κ2) is 14.6. The Kier molecular flexibility index (Phi) is 10.6. The molecule has 4 aromatic rings. The summed E-state index contributed by atoms with van der Waals surface area (Å²) in [7, 11) is -4.21. The van der Waals surface area contributed by atoms with Crippen molar-refractivity contribution in [3.05, 3.63) is 82.9 Å². The summed E-state index contributed by atoms with van der Waals surface area (Å²) >= 11 is 0. The van der Waals surface area contributed by atoms with Crippen LogP contribution in [0.4, 0.5) is 11.6 Å². The van der Waals surface area contributed by atoms with Gasteiger partial charge in [0, 0.05) is 29.8 Å². The van der Waals surface area contributed by atoms with Crippen molar-refractivity contribution in [1.82, 2.24) is 24.8 Å². The predicted molar refractivity (Wildman–Crippen MR) is 213 cm³/mol. The van der Waals surface area contributed by atoms with Gasteiger partial charge in [-0.3, -0.25) is 4.79 Å². The van der Waals surface area contributed by atoms with Crippen LogP contribution < -0.4 is 14.4 Å². The first-order valence-electron chi connectivity index (χ1n) is 18.8. The molecule has 1 atom stereocenters. The van der Waals surface area contributed by atoms with Gasteiger partial charge in [-0.15, -0.1) is 0 Å². The average molecular weight is 754 g/mol. The Labute approximate surface area is 321 Å². The molecule has 0 spiro atoms. The van der Waals surface area contributed by atoms with E-state index in [9.17, 15) is 13.2 Å². The summed E-state index contributed by atoms with van der Waals surface area (Å²) in [5.74, 6) is 0.271. The first kappa shape index (κ1) is 39.1. The molecule has 54 heavy (non-hydrogen) atoms. The van der Waals surface area contributed by atoms with Gasteiger partial charge < -0.3 is 14.5 Å². The number of amides is 1. The highest BCUT2D eigenvalue weighted by Crippen LogP contribution is 2.37. The molecule has 2 aliphatic heterocycles. The van der Waals surface area contributed by atoms with Crippen molar-refractivity contribution in [2.45, 2.75) is 106 Å². The van der Waals surface area contributed by atoms with Crippen LogP contribution in [0.5, 0.6) is 5.88 Å². The van der Waals surface area contributed by atoms with Crippen molar-refractivity contribution in [1.29, 1.82) is 0 Å². The zero-order valence-corrected chi connectivity index (χ0v) is 34.3. The number of carbonyl (C=O) groups excluding carboxylic acids is 1. The van der Waals surface area contributed by atoms with E-state index in [1.54, 1.807) is 17.0 Å². The van der Waals surface area contributed by atoms with Crippen molar-refractivity contribution in [2.24, 2.45) is 16.2 Å². The molecule has 12 heteroatoms. The molecule has 0 saturated carbocycles. The minimum atomic E-state index is -4.21. The van der Waals surface area contributed by atoms with Crippen LogP contribution in [0.3, 0.4) is 0 Å². The predicted octanol–water partition coefficient (Wildman–Crippen LogP) is 8.02. The van der Waals surface area contributed by atoms with Crippen LogP contribution in [0.15, 0.2) is 59.8 Å². The molecule has 11 nitrogen and oxygen atoms in total. The van der Waals surface area contributed by atoms with E-state index in [1.165, 1.54) is 12.1 Å². The molecule has 2 aromatic heterocycles. The van der Waals surface area contributed by atoms with E-state index in [0.717, 1.165) is 48.3 Å². The van der Waals surface area contributed by atoms with E-state index >= 15 is 0 Å². The fourth-order valence-electron chi connectivity index (χ4n) is 7.44. The number of aryl methyl sites for hydroxylation is 1. The van der Waals surface area contributed by atoms with Crippen LogP contribution >= 0.6 is 0 Å². The zero-order valence-electron chi connectivity index (χ0n) is 33.4. The average Bonchev–Trinajstić information content (AvgIpc) is 3.44. The monoisotopic (exact) mass is 753 g/mol. The minimum absolute atomic E-state index is 0.0151. The highest BCUT2D eigenvalue weighted by atomic mass is 32.2. The van der Waals surface area contributed by atoms with Gasteiger partial charge in [0.2, 0.25) is 11.8 Å². The number of sulfonamides is 1. The van der Waals surface area contributed by atoms with Crippen LogP contribution in [0.2, 0.25) is 0 Å². The number of hydrogen-bond acceptors (Lipinski definition) is 9. The van der Waals surface area contributed by atoms with Gasteiger partial charge >= 0.3 is 0 Å². The third-order valence-corrected chi connectivity index (χ3v) is 11.4. The molecule has 2 aliphatic rings. The van der Waals surface area contributed by atoms with Gasteiger partial charge in [-0.05, 0) is 78.7 Å². The summed E-state index contributed by atoms with van der Waals surface area (Å²) in [6.45, 7) is 23.4. The van der Waals surface area contributed by atoms with Crippen molar-refractivity contribution < 1.29 is 17.9 Å². The van der Waals surface area contributed by atoms with Crippen LogP contribution in [-0.4, -0.2) is 64.9 Å². The molecule has 1 amide bonds. The Hall–Kier alpha value is -4.58. The number of ether oxygens (including phenoxy) is 1. The summed E-state index contributed by atoms with van der Waals surface area (Å²) in [6, 6.07) is 11.8. The maximum Gasteiger partial charge on any atom is 0.264 e. The number of benzene rings is 2. The van der Waals surface area contributed by atoms with Gasteiger partial charge in [0.25, 0.3) is 15.9 Å². The van der Waals surface area contributed by atoms with E-state index < -0.39 is 16.1 Å². The molecule has 288 valence electrons. The third-order valence-electron chi connectivity index (χ3n) is 10.0. The lowest BCUT2D eigenvalue weighted by atomic mass is 9.84. The van der Waals surface area contributed by atoms with E-state index in [0.29, 0.717) is 23.5 Å². The third kappa shape index (κ3) is 9.02. The molecular formula is C42H55N7O4S. The number of aromatic nitrogens is 4. The summed E-state index contributed by atoms with van der Waals surface area (Å²) in [5, 5.41) is 0. The number of anilines is 2. The van der Waals surface area contributed by atoms with Crippen LogP contribution in [0, 0.1) is 30.1 Å². The van der Waals surface area contributed by atoms with Crippen LogP contribution in [0.1, 0.15) is 101 Å². The largest absolute Gasteiger partial charge is 0.475 e. The van der Waals surface area contributed by atoms with Gasteiger partial charge in [-0.25, -0.2) is 28.1 Å². The fraction of sp³-hybridized carbons (Fsp3) is 0.500. The van der Waals surface area contributed by atoms with Gasteiger partial charge in [-0.1, -0.05) is 79.7 Å². The molecule has 1 saturated heterocycles. The van der Waals surface area contributed by atoms with Crippen molar-refractivity contribution in [3.63, 3.8) is 0 Å². The molecule has 1 unspecified atom stereocenters. The normalized spacial score (nSPS) is 18.6. The number of carbonyl (C=O) groups is 1. The first-order chi connectivity index (χ1) is 25.2. The molecule has 1 N–H and O–H groups in total. The standard InChI is InChI=1S/C42H55N7O4S/c1-27-13-11-15-30(20-40(3,4)5)35(27)36-28(2)37-46-39(45-36)47-54(51,52)33-16-12-14-29(19-33)38(50)49(31(25-53-37)21-41(6,7)8)24-34-43-22-32(23-44-34)48-18-17-42(9,10)26-48/h11-16,19,22-23,31H,17-18,20-21,24-26H2,1-10H3,(H,45,46,47). The maximum absolute atomic E-state index is 14.6. The van der Waals surface area contributed by atoms with Crippen molar-refractivity contribution in [2.75, 3.05) is 29.3 Å². The molecule has 6 rings (SSSR count). The number of rotatable bonds is 6. The fourth-order valence-corrected chi connectivity index (χ4v) is 8.43. The zero-order chi connectivity index (χ0) is 39.2. The lowest BCUT2D eigenvalue weighted by Gasteiger charge is -2.35. The van der Waals surface area contributed by atoms with Crippen molar-refractivity contribution in [3.8, 4) is 17.1 Å².